The molecule has 13 rings (SSSR count). The fourth-order valence-corrected chi connectivity index (χ4v) is 12.2. The molecule has 18 atom stereocenters. The van der Waals surface area contributed by atoms with Crippen LogP contribution in [-0.2, 0) is 25.6 Å². The smallest absolute Gasteiger partial charge is 0.167 e. The predicted octanol–water partition coefficient (Wildman–Crippen LogP) is 2.42. The maximum atomic E-state index is 10.4. The van der Waals surface area contributed by atoms with Gasteiger partial charge in [-0.05, 0) is 69.8 Å². The van der Waals surface area contributed by atoms with E-state index in [0.29, 0.717) is 64.0 Å². The predicted molar refractivity (Wildman–Crippen MR) is 296 cm³/mol. The summed E-state index contributed by atoms with van der Waals surface area (Å²) in [6, 6.07) is 10.1. The van der Waals surface area contributed by atoms with Gasteiger partial charge in [0.05, 0.1) is 79.9 Å². The van der Waals surface area contributed by atoms with E-state index in [1.54, 1.807) is 20.0 Å². The van der Waals surface area contributed by atoms with Crippen LogP contribution in [0.2, 0.25) is 0 Å². The number of fused-ring (bicyclic) bond motifs is 3. The molecule has 9 heterocycles. The number of rotatable bonds is 15. The van der Waals surface area contributed by atoms with Crippen LogP contribution >= 0.6 is 23.2 Å². The highest BCUT2D eigenvalue weighted by Crippen LogP contribution is 2.37. The lowest BCUT2D eigenvalue weighted by Gasteiger charge is -2.22. The highest BCUT2D eigenvalue weighted by molar-refractivity contribution is 6.18. The molecule has 3 saturated heterocycles. The van der Waals surface area contributed by atoms with Crippen LogP contribution < -0.4 is 16.0 Å². The maximum absolute atomic E-state index is 10.4. The summed E-state index contributed by atoms with van der Waals surface area (Å²) in [7, 11) is 0. The molecule has 0 amide bonds. The van der Waals surface area contributed by atoms with Crippen LogP contribution in [-0.4, -0.2) is 203 Å². The summed E-state index contributed by atoms with van der Waals surface area (Å²) in [6.45, 7) is 2.46. The van der Waals surface area contributed by atoms with Gasteiger partial charge in [-0.2, -0.15) is 0 Å². The van der Waals surface area contributed by atoms with Gasteiger partial charge in [0.25, 0.3) is 0 Å². The van der Waals surface area contributed by atoms with Gasteiger partial charge < -0.3 is 75.8 Å². The van der Waals surface area contributed by atoms with E-state index in [2.05, 4.69) is 72.9 Å². The number of alkyl halides is 2. The Kier molecular flexibility index (Phi) is 18.2. The summed E-state index contributed by atoms with van der Waals surface area (Å²) >= 11 is 11.6. The standard InChI is InChI=1S/C22H26ClN5O4.C16H23N5O4.C15H20ClN5O4/c23-9-16-18(29)19(30)22(32-16)28-12-26-17-20(24-11-25-21(17)28)27-14-7-4-8-15(14)31-10-13-5-2-1-3-6-13;1-2-10-12(23)13(24)16(25-10)21-7-19-11-14(17-6-18-15(11)21)20-8-4-3-5-9(8)22;16-4-9-11(23)12(24)15(25-9)21-6-19-10-13(17-5-18-14(10)21)20-7-2-1-3-8(7)22/h1-3,5-6,11-12,14-16,18-19,22,29-30H,4,7-10H2,(H,24,25,27);6-10,12-13,16,22-24H,2-5H2,1H3,(H,17,18,20);5-9,11-12,15,22-24H,1-4H2,(H,17,18,20)/t14?,15?,16-,18-,19-,22-;8?,9?,10-,12-,13-,16-;7?,8?,9-,11-,12-,15-/m111/s1. The molecule has 0 radical (unpaired) electrons. The number of nitrogens with one attached hydrogen (secondary N) is 3. The number of nitrogens with zero attached hydrogens (tertiary/aromatic N) is 12. The van der Waals surface area contributed by atoms with Gasteiger partial charge >= 0.3 is 0 Å². The number of hydrogen-bond donors (Lipinski definition) is 11. The third kappa shape index (κ3) is 11.8. The number of aliphatic hydroxyl groups is 8. The Labute approximate surface area is 480 Å². The number of ether oxygens (including phenoxy) is 4. The molecule has 1 aromatic carbocycles. The minimum Gasteiger partial charge on any atom is -0.391 e. The van der Waals surface area contributed by atoms with E-state index >= 15 is 0 Å². The number of halogens is 2. The van der Waals surface area contributed by atoms with Gasteiger partial charge in [-0.1, -0.05) is 37.3 Å². The summed E-state index contributed by atoms with van der Waals surface area (Å²) in [6.07, 6.45) is 6.37. The highest BCUT2D eigenvalue weighted by atomic mass is 35.5. The summed E-state index contributed by atoms with van der Waals surface area (Å²) in [5, 5.41) is 91.2. The number of hydrogen-bond acceptors (Lipinski definition) is 24. The van der Waals surface area contributed by atoms with Crippen molar-refractivity contribution in [3.05, 3.63) is 73.9 Å². The number of aromatic nitrogens is 12. The molecule has 0 spiro atoms. The van der Waals surface area contributed by atoms with E-state index in [9.17, 15) is 40.9 Å². The highest BCUT2D eigenvalue weighted by Gasteiger charge is 2.46. The Bertz CT molecular complexity index is 3100. The van der Waals surface area contributed by atoms with Gasteiger partial charge in [-0.25, -0.2) is 44.9 Å². The quantitative estimate of drug-likeness (QED) is 0.0657. The zero-order chi connectivity index (χ0) is 57.2. The average Bonchev–Trinajstić information content (AvgIpc) is 4.56. The molecule has 3 aliphatic heterocycles. The zero-order valence-electron chi connectivity index (χ0n) is 44.8. The molecule has 6 aliphatic rings. The lowest BCUT2D eigenvalue weighted by atomic mass is 10.1. The first-order valence-corrected chi connectivity index (χ1v) is 28.9. The van der Waals surface area contributed by atoms with Crippen LogP contribution in [0.3, 0.4) is 0 Å². The van der Waals surface area contributed by atoms with Crippen LogP contribution in [0.1, 0.15) is 95.4 Å². The van der Waals surface area contributed by atoms with Gasteiger partial charge in [0, 0.05) is 0 Å². The molecule has 6 unspecified atom stereocenters. The van der Waals surface area contributed by atoms with Crippen molar-refractivity contribution in [3.63, 3.8) is 0 Å². The molecule has 442 valence electrons. The second-order valence-electron chi connectivity index (χ2n) is 21.5. The Hall–Kier alpha value is -5.63. The average molecular weight is 1180 g/mol. The van der Waals surface area contributed by atoms with Gasteiger partial charge in [-0.15, -0.1) is 23.2 Å². The number of aliphatic hydroxyl groups excluding tert-OH is 8. The molecule has 7 aromatic rings. The second kappa shape index (κ2) is 25.7. The lowest BCUT2D eigenvalue weighted by molar-refractivity contribution is -0.0355. The van der Waals surface area contributed by atoms with Crippen molar-refractivity contribution in [2.24, 2.45) is 0 Å². The topological polar surface area (TPSA) is 366 Å². The first-order chi connectivity index (χ1) is 39.8. The molecule has 6 aromatic heterocycles. The summed E-state index contributed by atoms with van der Waals surface area (Å²) in [5.41, 5.74) is 4.27. The van der Waals surface area contributed by atoms with E-state index in [1.165, 1.54) is 31.6 Å². The van der Waals surface area contributed by atoms with E-state index in [0.717, 1.165) is 63.4 Å². The minimum absolute atomic E-state index is 0.0529. The maximum Gasteiger partial charge on any atom is 0.167 e. The van der Waals surface area contributed by atoms with Crippen molar-refractivity contribution < 1.29 is 59.8 Å². The van der Waals surface area contributed by atoms with Gasteiger partial charge in [0.15, 0.2) is 69.6 Å². The van der Waals surface area contributed by atoms with Crippen LogP contribution in [0.5, 0.6) is 0 Å². The fraction of sp³-hybridized carbons (Fsp3) is 0.604. The first kappa shape index (κ1) is 58.2. The van der Waals surface area contributed by atoms with Crippen molar-refractivity contribution >= 4 is 74.1 Å². The third-order valence-corrected chi connectivity index (χ3v) is 16.9. The lowest BCUT2D eigenvalue weighted by Crippen LogP contribution is -2.32. The Morgan fingerprint density at radius 1 is 0.488 bits per heavy atom. The van der Waals surface area contributed by atoms with E-state index in [4.69, 9.17) is 42.1 Å². The van der Waals surface area contributed by atoms with Crippen molar-refractivity contribution in [1.82, 2.24) is 58.6 Å². The second-order valence-corrected chi connectivity index (χ2v) is 22.1. The summed E-state index contributed by atoms with van der Waals surface area (Å²) < 4.78 is 28.2. The van der Waals surface area contributed by atoms with E-state index in [1.807, 2.05) is 25.1 Å². The van der Waals surface area contributed by atoms with Crippen molar-refractivity contribution in [2.45, 2.75) is 188 Å². The van der Waals surface area contributed by atoms with Crippen molar-refractivity contribution in [3.8, 4) is 0 Å². The number of imidazole rings is 3. The molecule has 27 nitrogen and oxygen atoms in total. The monoisotopic (exact) mass is 1180 g/mol. The molecular weight excluding hydrogens is 1110 g/mol. The fourth-order valence-electron chi connectivity index (χ4n) is 11.7. The van der Waals surface area contributed by atoms with Crippen LogP contribution in [0.4, 0.5) is 17.5 Å². The van der Waals surface area contributed by atoms with E-state index in [-0.39, 0.29) is 36.0 Å². The Balaban J connectivity index is 0.000000131. The Morgan fingerprint density at radius 2 is 0.878 bits per heavy atom. The number of benzene rings is 1. The van der Waals surface area contributed by atoms with E-state index < -0.39 is 85.8 Å². The minimum atomic E-state index is -1.14. The summed E-state index contributed by atoms with van der Waals surface area (Å²) in [5.74, 6) is 1.83. The van der Waals surface area contributed by atoms with Gasteiger partial charge in [-0.3, -0.25) is 13.7 Å². The van der Waals surface area contributed by atoms with Crippen molar-refractivity contribution in [1.29, 1.82) is 0 Å². The van der Waals surface area contributed by atoms with Crippen LogP contribution in [0, 0.1) is 0 Å². The van der Waals surface area contributed by atoms with Crippen LogP contribution in [0.15, 0.2) is 68.3 Å². The van der Waals surface area contributed by atoms with Crippen LogP contribution in [0.25, 0.3) is 33.5 Å². The molecule has 82 heavy (non-hydrogen) atoms. The molecule has 3 aliphatic carbocycles. The normalized spacial score (nSPS) is 33.5. The molecular formula is C53H69Cl2N15O12. The number of anilines is 3. The van der Waals surface area contributed by atoms with Crippen molar-refractivity contribution in [2.75, 3.05) is 27.7 Å². The first-order valence-electron chi connectivity index (χ1n) is 27.9. The van der Waals surface area contributed by atoms with Gasteiger partial charge in [0.1, 0.15) is 67.8 Å². The summed E-state index contributed by atoms with van der Waals surface area (Å²) in [4.78, 5) is 38.9. The largest absolute Gasteiger partial charge is 0.391 e. The molecule has 29 heteroatoms. The SMILES string of the molecule is CC[C@H]1O[C@@H](n2cnc3c(NC4CCCC4O)ncnc32)[C@H](O)[C@@H]1O.OC1CCCC1Nc1ncnc2c1ncn2[C@@H]1O[C@H](CCl)[C@@H](O)[C@H]1O.O[C@@H]1[C@H](O)[C@@H](CCl)O[C@H]1n1cnc2c(NC3CCCC3OCc3ccccc3)ncnc21. The Morgan fingerprint density at radius 3 is 1.26 bits per heavy atom. The molecule has 0 bridgehead atoms. The molecule has 11 N–H and O–H groups in total. The zero-order valence-corrected chi connectivity index (χ0v) is 46.3. The molecule has 6 fully saturated rings. The van der Waals surface area contributed by atoms with Gasteiger partial charge in [0.2, 0.25) is 0 Å². The molecule has 3 saturated carbocycles. The third-order valence-electron chi connectivity index (χ3n) is 16.3.